The van der Waals surface area contributed by atoms with Crippen LogP contribution in [0.5, 0.6) is 0 Å². The van der Waals surface area contributed by atoms with Crippen LogP contribution in [0.3, 0.4) is 0 Å². The zero-order chi connectivity index (χ0) is 21.7. The molecule has 2 N–H and O–H groups in total. The zero-order valence-corrected chi connectivity index (χ0v) is 18.6. The minimum absolute atomic E-state index is 0.175. The number of esters is 1. The first-order valence-corrected chi connectivity index (χ1v) is 10.4. The number of rotatable bonds is 7. The molecule has 1 aromatic carbocycles. The van der Waals surface area contributed by atoms with Crippen LogP contribution in [0.15, 0.2) is 18.2 Å². The van der Waals surface area contributed by atoms with Crippen molar-refractivity contribution in [2.24, 2.45) is 5.92 Å². The summed E-state index contributed by atoms with van der Waals surface area (Å²) < 4.78 is 5.14. The van der Waals surface area contributed by atoms with Gasteiger partial charge in [-0.3, -0.25) is 9.59 Å². The second-order valence-corrected chi connectivity index (χ2v) is 8.42. The molecule has 2 aromatic rings. The fourth-order valence-corrected chi connectivity index (χ4v) is 4.05. The standard InChI is InChI=1S/C22H28N2O4S/c1-7-28-22(27)18-15(6)19(29-21(18)24-17(25)10-12(2)3)20(26)23-16-9-8-13(4)11-14(16)5/h8-9,11-12H,7,10H2,1-6H3,(H,23,26)(H,24,25). The molecular formula is C22H28N2O4S. The van der Waals surface area contributed by atoms with Crippen molar-refractivity contribution in [2.45, 2.75) is 48.0 Å². The highest BCUT2D eigenvalue weighted by Gasteiger charge is 2.27. The molecule has 0 bridgehead atoms. The Morgan fingerprint density at radius 3 is 2.38 bits per heavy atom. The number of hydrogen-bond donors (Lipinski definition) is 2. The van der Waals surface area contributed by atoms with E-state index in [1.165, 1.54) is 0 Å². The van der Waals surface area contributed by atoms with Gasteiger partial charge in [0, 0.05) is 12.1 Å². The van der Waals surface area contributed by atoms with Crippen LogP contribution in [-0.4, -0.2) is 24.4 Å². The molecule has 1 heterocycles. The summed E-state index contributed by atoms with van der Waals surface area (Å²) in [4.78, 5) is 38.0. The van der Waals surface area contributed by atoms with E-state index in [0.29, 0.717) is 27.5 Å². The molecule has 0 atom stereocenters. The quantitative estimate of drug-likeness (QED) is 0.616. The van der Waals surface area contributed by atoms with Crippen LogP contribution >= 0.6 is 11.3 Å². The first kappa shape index (κ1) is 22.6. The van der Waals surface area contributed by atoms with Gasteiger partial charge in [-0.15, -0.1) is 11.3 Å². The first-order chi connectivity index (χ1) is 13.6. The van der Waals surface area contributed by atoms with E-state index in [-0.39, 0.29) is 29.9 Å². The van der Waals surface area contributed by atoms with Gasteiger partial charge in [0.2, 0.25) is 5.91 Å². The molecule has 0 radical (unpaired) electrons. The number of amides is 2. The number of aryl methyl sites for hydroxylation is 2. The first-order valence-electron chi connectivity index (χ1n) is 9.63. The average molecular weight is 417 g/mol. The Kier molecular flexibility index (Phi) is 7.56. The third-order valence-corrected chi connectivity index (χ3v) is 5.52. The van der Waals surface area contributed by atoms with E-state index in [4.69, 9.17) is 4.74 Å². The molecule has 0 saturated heterocycles. The van der Waals surface area contributed by atoms with Gasteiger partial charge in [0.05, 0.1) is 17.0 Å². The highest BCUT2D eigenvalue weighted by molar-refractivity contribution is 7.18. The van der Waals surface area contributed by atoms with Crippen molar-refractivity contribution < 1.29 is 19.1 Å². The molecule has 0 unspecified atom stereocenters. The Morgan fingerprint density at radius 2 is 1.79 bits per heavy atom. The summed E-state index contributed by atoms with van der Waals surface area (Å²) in [6.07, 6.45) is 0.323. The largest absolute Gasteiger partial charge is 0.462 e. The van der Waals surface area contributed by atoms with Crippen molar-refractivity contribution in [3.05, 3.63) is 45.3 Å². The highest BCUT2D eigenvalue weighted by atomic mass is 32.1. The summed E-state index contributed by atoms with van der Waals surface area (Å²) in [6.45, 7) is 11.4. The van der Waals surface area contributed by atoms with E-state index in [9.17, 15) is 14.4 Å². The van der Waals surface area contributed by atoms with Crippen LogP contribution in [0.4, 0.5) is 10.7 Å². The number of nitrogens with one attached hydrogen (secondary N) is 2. The van der Waals surface area contributed by atoms with Gasteiger partial charge in [-0.2, -0.15) is 0 Å². The van der Waals surface area contributed by atoms with Crippen LogP contribution < -0.4 is 10.6 Å². The molecule has 0 aliphatic carbocycles. The van der Waals surface area contributed by atoms with Crippen LogP contribution in [0.2, 0.25) is 0 Å². The number of ether oxygens (including phenoxy) is 1. The SMILES string of the molecule is CCOC(=O)c1c(NC(=O)CC(C)C)sc(C(=O)Nc2ccc(C)cc2C)c1C. The van der Waals surface area contributed by atoms with E-state index >= 15 is 0 Å². The second-order valence-electron chi connectivity index (χ2n) is 7.40. The third-order valence-electron chi connectivity index (χ3n) is 4.31. The number of thiophene rings is 1. The second kappa shape index (κ2) is 9.69. The number of hydrogen-bond acceptors (Lipinski definition) is 5. The lowest BCUT2D eigenvalue weighted by molar-refractivity contribution is -0.116. The maximum Gasteiger partial charge on any atom is 0.341 e. The molecule has 0 fully saturated rings. The summed E-state index contributed by atoms with van der Waals surface area (Å²) in [5.74, 6) is -0.899. The molecule has 0 saturated carbocycles. The lowest BCUT2D eigenvalue weighted by Crippen LogP contribution is -2.16. The molecule has 29 heavy (non-hydrogen) atoms. The summed E-state index contributed by atoms with van der Waals surface area (Å²) in [5.41, 5.74) is 3.49. The molecule has 156 valence electrons. The third kappa shape index (κ3) is 5.67. The van der Waals surface area contributed by atoms with Gasteiger partial charge in [0.15, 0.2) is 0 Å². The number of benzene rings is 1. The van der Waals surface area contributed by atoms with Crippen LogP contribution in [0.1, 0.15) is 63.9 Å². The molecule has 2 amide bonds. The molecule has 6 nitrogen and oxygen atoms in total. The smallest absolute Gasteiger partial charge is 0.341 e. The maximum absolute atomic E-state index is 12.9. The Bertz CT molecular complexity index is 931. The van der Waals surface area contributed by atoms with E-state index < -0.39 is 5.97 Å². The summed E-state index contributed by atoms with van der Waals surface area (Å²) >= 11 is 1.09. The van der Waals surface area contributed by atoms with Crippen molar-refractivity contribution in [2.75, 3.05) is 17.2 Å². The van der Waals surface area contributed by atoms with Gasteiger partial charge in [-0.1, -0.05) is 31.5 Å². The van der Waals surface area contributed by atoms with Crippen LogP contribution in [0, 0.1) is 26.7 Å². The lowest BCUT2D eigenvalue weighted by atomic mass is 10.1. The predicted molar refractivity (Wildman–Crippen MR) is 117 cm³/mol. The molecular weight excluding hydrogens is 388 g/mol. The van der Waals surface area contributed by atoms with Crippen molar-refractivity contribution in [3.63, 3.8) is 0 Å². The fourth-order valence-electron chi connectivity index (χ4n) is 2.95. The Morgan fingerprint density at radius 1 is 1.10 bits per heavy atom. The van der Waals surface area contributed by atoms with Gasteiger partial charge in [0.1, 0.15) is 5.00 Å². The van der Waals surface area contributed by atoms with Gasteiger partial charge >= 0.3 is 5.97 Å². The molecule has 7 heteroatoms. The van der Waals surface area contributed by atoms with E-state index in [1.807, 2.05) is 45.9 Å². The molecule has 0 spiro atoms. The van der Waals surface area contributed by atoms with Gasteiger partial charge in [0.25, 0.3) is 5.91 Å². The zero-order valence-electron chi connectivity index (χ0n) is 17.8. The minimum Gasteiger partial charge on any atom is -0.462 e. The topological polar surface area (TPSA) is 84.5 Å². The Labute approximate surface area is 175 Å². The number of carbonyl (C=O) groups excluding carboxylic acids is 3. The van der Waals surface area contributed by atoms with Gasteiger partial charge in [-0.25, -0.2) is 4.79 Å². The van der Waals surface area contributed by atoms with Crippen molar-refractivity contribution in [1.29, 1.82) is 0 Å². The van der Waals surface area contributed by atoms with Crippen LogP contribution in [-0.2, 0) is 9.53 Å². The number of carbonyl (C=O) groups is 3. The molecule has 1 aromatic heterocycles. The monoisotopic (exact) mass is 416 g/mol. The highest BCUT2D eigenvalue weighted by Crippen LogP contribution is 2.35. The van der Waals surface area contributed by atoms with Crippen molar-refractivity contribution in [3.8, 4) is 0 Å². The molecule has 0 aliphatic heterocycles. The van der Waals surface area contributed by atoms with E-state index in [2.05, 4.69) is 10.6 Å². The maximum atomic E-state index is 12.9. The summed E-state index contributed by atoms with van der Waals surface area (Å²) in [7, 11) is 0. The van der Waals surface area contributed by atoms with Crippen LogP contribution in [0.25, 0.3) is 0 Å². The van der Waals surface area contributed by atoms with E-state index in [0.717, 1.165) is 22.5 Å². The minimum atomic E-state index is -0.549. The Balaban J connectivity index is 2.38. The predicted octanol–water partition coefficient (Wildman–Crippen LogP) is 5.09. The van der Waals surface area contributed by atoms with Gasteiger partial charge in [-0.05, 0) is 50.8 Å². The number of anilines is 2. The lowest BCUT2D eigenvalue weighted by Gasteiger charge is -2.09. The fraction of sp³-hybridized carbons (Fsp3) is 0.409. The summed E-state index contributed by atoms with van der Waals surface area (Å²) in [5, 5.41) is 6.02. The normalized spacial score (nSPS) is 10.7. The Hall–Kier alpha value is -2.67. The molecule has 2 rings (SSSR count). The van der Waals surface area contributed by atoms with E-state index in [1.54, 1.807) is 13.8 Å². The molecule has 0 aliphatic rings. The van der Waals surface area contributed by atoms with Crippen molar-refractivity contribution in [1.82, 2.24) is 0 Å². The van der Waals surface area contributed by atoms with Gasteiger partial charge < -0.3 is 15.4 Å². The van der Waals surface area contributed by atoms with Crippen molar-refractivity contribution >= 4 is 39.8 Å². The summed E-state index contributed by atoms with van der Waals surface area (Å²) in [6, 6.07) is 5.76. The average Bonchev–Trinajstić information content (AvgIpc) is 2.93.